The summed E-state index contributed by atoms with van der Waals surface area (Å²) in [5.74, 6) is -1.08. The first kappa shape index (κ1) is 13.6. The molecule has 0 spiro atoms. The van der Waals surface area contributed by atoms with Gasteiger partial charge in [-0.1, -0.05) is 30.3 Å². The SMILES string of the molecule is O=C(O)CN(c1ccccc1)C1CCc2c(F)cccc21. The number of hydrogen-bond acceptors (Lipinski definition) is 2. The number of anilines is 1. The van der Waals surface area contributed by atoms with E-state index in [2.05, 4.69) is 0 Å². The zero-order valence-corrected chi connectivity index (χ0v) is 11.5. The van der Waals surface area contributed by atoms with Crippen LogP contribution in [0.25, 0.3) is 0 Å². The molecule has 21 heavy (non-hydrogen) atoms. The summed E-state index contributed by atoms with van der Waals surface area (Å²) in [6, 6.07) is 14.4. The van der Waals surface area contributed by atoms with Crippen molar-refractivity contribution in [2.75, 3.05) is 11.4 Å². The summed E-state index contributed by atoms with van der Waals surface area (Å²) >= 11 is 0. The van der Waals surface area contributed by atoms with Crippen LogP contribution < -0.4 is 4.90 Å². The first-order chi connectivity index (χ1) is 10.2. The van der Waals surface area contributed by atoms with E-state index < -0.39 is 5.97 Å². The van der Waals surface area contributed by atoms with E-state index in [4.69, 9.17) is 0 Å². The number of carboxylic acids is 1. The minimum absolute atomic E-state index is 0.0887. The molecule has 0 aromatic heterocycles. The summed E-state index contributed by atoms with van der Waals surface area (Å²) in [5.41, 5.74) is 2.47. The minimum atomic E-state index is -0.885. The molecule has 2 aromatic rings. The first-order valence-corrected chi connectivity index (χ1v) is 6.97. The van der Waals surface area contributed by atoms with E-state index in [0.29, 0.717) is 12.0 Å². The molecule has 1 atom stereocenters. The summed E-state index contributed by atoms with van der Waals surface area (Å²) in [7, 11) is 0. The number of rotatable bonds is 4. The van der Waals surface area contributed by atoms with Crippen molar-refractivity contribution in [2.45, 2.75) is 18.9 Å². The lowest BCUT2D eigenvalue weighted by molar-refractivity contribution is -0.135. The van der Waals surface area contributed by atoms with Gasteiger partial charge in [0.05, 0.1) is 6.04 Å². The molecule has 3 rings (SSSR count). The van der Waals surface area contributed by atoms with Crippen LogP contribution in [0.4, 0.5) is 10.1 Å². The van der Waals surface area contributed by atoms with Crippen molar-refractivity contribution in [3.05, 3.63) is 65.5 Å². The van der Waals surface area contributed by atoms with Crippen molar-refractivity contribution >= 4 is 11.7 Å². The second-order valence-electron chi connectivity index (χ2n) is 5.22. The van der Waals surface area contributed by atoms with Gasteiger partial charge in [0.15, 0.2) is 0 Å². The predicted octanol–water partition coefficient (Wildman–Crippen LogP) is 3.40. The van der Waals surface area contributed by atoms with Gasteiger partial charge in [0.25, 0.3) is 0 Å². The van der Waals surface area contributed by atoms with E-state index >= 15 is 0 Å². The van der Waals surface area contributed by atoms with Crippen molar-refractivity contribution < 1.29 is 14.3 Å². The zero-order valence-electron chi connectivity index (χ0n) is 11.5. The van der Waals surface area contributed by atoms with Crippen molar-refractivity contribution in [1.29, 1.82) is 0 Å². The Kier molecular flexibility index (Phi) is 3.60. The van der Waals surface area contributed by atoms with E-state index in [9.17, 15) is 14.3 Å². The van der Waals surface area contributed by atoms with Gasteiger partial charge in [0.1, 0.15) is 12.4 Å². The Bertz CT molecular complexity index is 657. The third-order valence-electron chi connectivity index (χ3n) is 3.95. The lowest BCUT2D eigenvalue weighted by Gasteiger charge is -2.30. The Morgan fingerprint density at radius 3 is 2.67 bits per heavy atom. The van der Waals surface area contributed by atoms with Crippen molar-refractivity contribution in [1.82, 2.24) is 0 Å². The van der Waals surface area contributed by atoms with Crippen LogP contribution in [-0.2, 0) is 11.2 Å². The smallest absolute Gasteiger partial charge is 0.323 e. The molecule has 1 unspecified atom stereocenters. The van der Waals surface area contributed by atoms with Crippen molar-refractivity contribution in [3.8, 4) is 0 Å². The van der Waals surface area contributed by atoms with Crippen molar-refractivity contribution in [2.24, 2.45) is 0 Å². The molecule has 0 saturated carbocycles. The standard InChI is InChI=1S/C17H16FNO2/c18-15-8-4-7-14-13(15)9-10-16(14)19(11-17(20)21)12-5-2-1-3-6-12/h1-8,16H,9-11H2,(H,20,21). The molecular weight excluding hydrogens is 269 g/mol. The molecule has 3 nitrogen and oxygen atoms in total. The second kappa shape index (κ2) is 5.56. The van der Waals surface area contributed by atoms with Gasteiger partial charge in [-0.15, -0.1) is 0 Å². The van der Waals surface area contributed by atoms with Gasteiger partial charge in [-0.05, 0) is 42.2 Å². The maximum atomic E-state index is 13.9. The molecule has 4 heteroatoms. The summed E-state index contributed by atoms with van der Waals surface area (Å²) in [5, 5.41) is 9.19. The lowest BCUT2D eigenvalue weighted by Crippen LogP contribution is -2.32. The number of para-hydroxylation sites is 1. The molecule has 0 heterocycles. The number of nitrogens with zero attached hydrogens (tertiary/aromatic N) is 1. The van der Waals surface area contributed by atoms with E-state index in [-0.39, 0.29) is 18.4 Å². The van der Waals surface area contributed by atoms with Crippen LogP contribution >= 0.6 is 0 Å². The van der Waals surface area contributed by atoms with Gasteiger partial charge in [0, 0.05) is 5.69 Å². The van der Waals surface area contributed by atoms with Crippen LogP contribution in [0.5, 0.6) is 0 Å². The maximum Gasteiger partial charge on any atom is 0.323 e. The summed E-state index contributed by atoms with van der Waals surface area (Å²) in [6.07, 6.45) is 1.38. The van der Waals surface area contributed by atoms with Gasteiger partial charge < -0.3 is 10.0 Å². The van der Waals surface area contributed by atoms with Crippen LogP contribution in [0.1, 0.15) is 23.6 Å². The monoisotopic (exact) mass is 285 g/mol. The highest BCUT2D eigenvalue weighted by Gasteiger charge is 2.30. The normalized spacial score (nSPS) is 16.5. The molecule has 2 aromatic carbocycles. The molecule has 0 radical (unpaired) electrons. The molecule has 1 aliphatic rings. The third-order valence-corrected chi connectivity index (χ3v) is 3.95. The lowest BCUT2D eigenvalue weighted by atomic mass is 10.1. The second-order valence-corrected chi connectivity index (χ2v) is 5.22. The molecule has 0 saturated heterocycles. The highest BCUT2D eigenvalue weighted by atomic mass is 19.1. The number of hydrogen-bond donors (Lipinski definition) is 1. The number of carboxylic acid groups (broad SMARTS) is 1. The van der Waals surface area contributed by atoms with Crippen LogP contribution in [0.15, 0.2) is 48.5 Å². The van der Waals surface area contributed by atoms with Crippen LogP contribution in [0, 0.1) is 5.82 Å². The van der Waals surface area contributed by atoms with Gasteiger partial charge in [0.2, 0.25) is 0 Å². The Labute approximate surface area is 122 Å². The minimum Gasteiger partial charge on any atom is -0.480 e. The number of halogens is 1. The molecule has 1 aliphatic carbocycles. The Morgan fingerprint density at radius 1 is 1.19 bits per heavy atom. The van der Waals surface area contributed by atoms with Gasteiger partial charge in [-0.3, -0.25) is 4.79 Å². The van der Waals surface area contributed by atoms with Crippen LogP contribution in [0.2, 0.25) is 0 Å². The molecule has 0 bridgehead atoms. The van der Waals surface area contributed by atoms with Crippen LogP contribution in [-0.4, -0.2) is 17.6 Å². The topological polar surface area (TPSA) is 40.5 Å². The number of benzene rings is 2. The van der Waals surface area contributed by atoms with Crippen molar-refractivity contribution in [3.63, 3.8) is 0 Å². The highest BCUT2D eigenvalue weighted by Crippen LogP contribution is 2.39. The summed E-state index contributed by atoms with van der Waals surface area (Å²) in [4.78, 5) is 13.0. The first-order valence-electron chi connectivity index (χ1n) is 6.97. The number of carbonyl (C=O) groups is 1. The predicted molar refractivity (Wildman–Crippen MR) is 78.9 cm³/mol. The Balaban J connectivity index is 2.00. The fourth-order valence-electron chi connectivity index (χ4n) is 3.06. The quantitative estimate of drug-likeness (QED) is 0.936. The average molecular weight is 285 g/mol. The van der Waals surface area contributed by atoms with Crippen LogP contribution in [0.3, 0.4) is 0 Å². The van der Waals surface area contributed by atoms with E-state index in [1.54, 1.807) is 6.07 Å². The third kappa shape index (κ3) is 2.61. The summed E-state index contributed by atoms with van der Waals surface area (Å²) < 4.78 is 13.9. The maximum absolute atomic E-state index is 13.9. The molecule has 0 aliphatic heterocycles. The van der Waals surface area contributed by atoms with E-state index in [0.717, 1.165) is 17.7 Å². The summed E-state index contributed by atoms with van der Waals surface area (Å²) in [6.45, 7) is -0.0926. The molecular formula is C17H16FNO2. The Morgan fingerprint density at radius 2 is 1.95 bits per heavy atom. The molecule has 0 fully saturated rings. The highest BCUT2D eigenvalue weighted by molar-refractivity contribution is 5.74. The average Bonchev–Trinajstić information content (AvgIpc) is 2.91. The fourth-order valence-corrected chi connectivity index (χ4v) is 3.06. The van der Waals surface area contributed by atoms with Gasteiger partial charge in [-0.25, -0.2) is 4.39 Å². The molecule has 1 N–H and O–H groups in total. The van der Waals surface area contributed by atoms with E-state index in [1.165, 1.54) is 6.07 Å². The Hall–Kier alpha value is -2.36. The molecule has 0 amide bonds. The number of aliphatic carboxylic acids is 1. The largest absolute Gasteiger partial charge is 0.480 e. The van der Waals surface area contributed by atoms with E-state index in [1.807, 2.05) is 41.3 Å². The fraction of sp³-hybridized carbons (Fsp3) is 0.235. The van der Waals surface area contributed by atoms with Gasteiger partial charge in [-0.2, -0.15) is 0 Å². The van der Waals surface area contributed by atoms with Gasteiger partial charge >= 0.3 is 5.97 Å². The zero-order chi connectivity index (χ0) is 14.8. The molecule has 108 valence electrons. The number of fused-ring (bicyclic) bond motifs is 1.